The molecule has 2 atom stereocenters. The molecule has 0 aromatic carbocycles. The highest BCUT2D eigenvalue weighted by atomic mass is 19.1. The lowest BCUT2D eigenvalue weighted by molar-refractivity contribution is 0.0935. The lowest BCUT2D eigenvalue weighted by Crippen LogP contribution is -2.40. The van der Waals surface area contributed by atoms with Crippen molar-refractivity contribution >= 4 is 11.7 Å². The number of likely N-dealkylation sites (tertiary alicyclic amines) is 1. The number of nitrogens with zero attached hydrogens (tertiary/aromatic N) is 5. The summed E-state index contributed by atoms with van der Waals surface area (Å²) >= 11 is 0. The van der Waals surface area contributed by atoms with Crippen molar-refractivity contribution in [2.24, 2.45) is 7.05 Å². The Balaban J connectivity index is 1.61. The third-order valence-corrected chi connectivity index (χ3v) is 4.20. The monoisotopic (exact) mass is 333 g/mol. The van der Waals surface area contributed by atoms with E-state index in [0.717, 1.165) is 5.69 Å². The van der Waals surface area contributed by atoms with Gasteiger partial charge >= 0.3 is 0 Å². The molecule has 1 aliphatic rings. The Morgan fingerprint density at radius 1 is 1.42 bits per heavy atom. The van der Waals surface area contributed by atoms with E-state index in [0.29, 0.717) is 26.1 Å². The molecule has 2 aromatic rings. The molecule has 1 saturated heterocycles. The van der Waals surface area contributed by atoms with Gasteiger partial charge in [0.1, 0.15) is 6.17 Å². The molecule has 0 radical (unpaired) electrons. The maximum atomic E-state index is 13.8. The van der Waals surface area contributed by atoms with E-state index >= 15 is 0 Å². The Hall–Kier alpha value is -2.55. The number of alkyl halides is 1. The Morgan fingerprint density at radius 3 is 2.92 bits per heavy atom. The number of amides is 1. The Bertz CT molecular complexity index is 719. The maximum Gasteiger partial charge on any atom is 0.273 e. The van der Waals surface area contributed by atoms with Crippen LogP contribution in [0.4, 0.5) is 10.2 Å². The van der Waals surface area contributed by atoms with Crippen LogP contribution in [0.1, 0.15) is 22.6 Å². The van der Waals surface area contributed by atoms with E-state index < -0.39 is 12.1 Å². The van der Waals surface area contributed by atoms with Crippen LogP contribution in [-0.2, 0) is 13.6 Å². The van der Waals surface area contributed by atoms with E-state index in [1.54, 1.807) is 10.9 Å². The van der Waals surface area contributed by atoms with Gasteiger partial charge in [0, 0.05) is 51.3 Å². The molecule has 9 heteroatoms. The van der Waals surface area contributed by atoms with Gasteiger partial charge in [-0.2, -0.15) is 5.10 Å². The number of nitrogens with two attached hydrogens (primary N) is 1. The average Bonchev–Trinajstić information content (AvgIpc) is 3.11. The molecule has 3 N–H and O–H groups in total. The lowest BCUT2D eigenvalue weighted by atomic mass is 10.2. The number of aryl methyl sites for hydroxylation is 1. The standard InChI is InChI=1S/C15H20FN7O/c1-22-11(2-3-21-22)9-23-8-10(16)6-12(23)7-20-15(24)13-14(17)19-5-4-18-13/h2-5,10,12H,6-9H2,1H3,(H2,17,19)(H,20,24)/t10-,12-/m0/s1. The van der Waals surface area contributed by atoms with Crippen LogP contribution in [0.3, 0.4) is 0 Å². The molecule has 0 saturated carbocycles. The number of anilines is 1. The molecule has 0 aliphatic carbocycles. The summed E-state index contributed by atoms with van der Waals surface area (Å²) in [7, 11) is 1.85. The first-order valence-corrected chi connectivity index (χ1v) is 7.74. The first-order chi connectivity index (χ1) is 11.5. The normalized spacial score (nSPS) is 21.1. The SMILES string of the molecule is Cn1nccc1CN1C[C@@H](F)C[C@H]1CNC(=O)c1nccnc1N. The smallest absolute Gasteiger partial charge is 0.273 e. The summed E-state index contributed by atoms with van der Waals surface area (Å²) in [6, 6.07) is 1.82. The van der Waals surface area contributed by atoms with Gasteiger partial charge in [0.2, 0.25) is 0 Å². The fraction of sp³-hybridized carbons (Fsp3) is 0.467. The summed E-state index contributed by atoms with van der Waals surface area (Å²) in [5.41, 5.74) is 6.73. The molecule has 1 aliphatic heterocycles. The van der Waals surface area contributed by atoms with Crippen LogP contribution in [0.2, 0.25) is 0 Å². The van der Waals surface area contributed by atoms with Crippen LogP contribution >= 0.6 is 0 Å². The minimum atomic E-state index is -0.901. The van der Waals surface area contributed by atoms with E-state index in [4.69, 9.17) is 5.73 Å². The van der Waals surface area contributed by atoms with Crippen molar-refractivity contribution in [3.8, 4) is 0 Å². The highest BCUT2D eigenvalue weighted by Crippen LogP contribution is 2.22. The maximum absolute atomic E-state index is 13.8. The molecule has 0 unspecified atom stereocenters. The van der Waals surface area contributed by atoms with Crippen LogP contribution in [0.25, 0.3) is 0 Å². The quantitative estimate of drug-likeness (QED) is 0.807. The van der Waals surface area contributed by atoms with Crippen LogP contribution in [0.5, 0.6) is 0 Å². The van der Waals surface area contributed by atoms with Crippen LogP contribution in [0, 0.1) is 0 Å². The molecule has 2 aromatic heterocycles. The van der Waals surface area contributed by atoms with Crippen LogP contribution < -0.4 is 11.1 Å². The summed E-state index contributed by atoms with van der Waals surface area (Å²) in [6.45, 7) is 1.26. The lowest BCUT2D eigenvalue weighted by Gasteiger charge is -2.24. The van der Waals surface area contributed by atoms with Gasteiger partial charge in [-0.15, -0.1) is 0 Å². The van der Waals surface area contributed by atoms with E-state index in [1.807, 2.05) is 18.0 Å². The van der Waals surface area contributed by atoms with Crippen molar-refractivity contribution in [1.29, 1.82) is 0 Å². The molecular formula is C15H20FN7O. The summed E-state index contributed by atoms with van der Waals surface area (Å²) in [5, 5.41) is 6.90. The molecule has 1 amide bonds. The topological polar surface area (TPSA) is 102 Å². The second-order valence-electron chi connectivity index (χ2n) is 5.86. The zero-order valence-corrected chi connectivity index (χ0v) is 13.4. The highest BCUT2D eigenvalue weighted by molar-refractivity contribution is 5.96. The summed E-state index contributed by atoms with van der Waals surface area (Å²) < 4.78 is 15.6. The van der Waals surface area contributed by atoms with Crippen molar-refractivity contribution in [2.45, 2.75) is 25.2 Å². The number of nitrogen functional groups attached to an aromatic ring is 1. The molecular weight excluding hydrogens is 313 g/mol. The fourth-order valence-corrected chi connectivity index (χ4v) is 2.91. The number of carbonyl (C=O) groups is 1. The molecule has 0 spiro atoms. The van der Waals surface area contributed by atoms with Gasteiger partial charge in [-0.25, -0.2) is 14.4 Å². The predicted octanol–water partition coefficient (Wildman–Crippen LogP) is 0.135. The minimum Gasteiger partial charge on any atom is -0.382 e. The number of aromatic nitrogens is 4. The number of rotatable bonds is 5. The van der Waals surface area contributed by atoms with Crippen LogP contribution in [-0.4, -0.2) is 55.9 Å². The van der Waals surface area contributed by atoms with Crippen molar-refractivity contribution in [1.82, 2.24) is 30.0 Å². The van der Waals surface area contributed by atoms with Crippen molar-refractivity contribution in [3.63, 3.8) is 0 Å². The largest absolute Gasteiger partial charge is 0.382 e. The number of nitrogens with one attached hydrogen (secondary N) is 1. The first-order valence-electron chi connectivity index (χ1n) is 7.74. The molecule has 1 fully saturated rings. The summed E-state index contributed by atoms with van der Waals surface area (Å²) in [4.78, 5) is 21.9. The van der Waals surface area contributed by atoms with Gasteiger partial charge < -0.3 is 11.1 Å². The van der Waals surface area contributed by atoms with E-state index in [-0.39, 0.29) is 17.6 Å². The van der Waals surface area contributed by atoms with Gasteiger partial charge in [0.25, 0.3) is 5.91 Å². The third kappa shape index (κ3) is 3.51. The zero-order chi connectivity index (χ0) is 17.1. The van der Waals surface area contributed by atoms with Gasteiger partial charge in [-0.05, 0) is 12.5 Å². The molecule has 3 rings (SSSR count). The number of carbonyl (C=O) groups excluding carboxylic acids is 1. The second kappa shape index (κ2) is 6.91. The first kappa shape index (κ1) is 16.3. The summed E-state index contributed by atoms with van der Waals surface area (Å²) in [5.74, 6) is -0.320. The molecule has 3 heterocycles. The van der Waals surface area contributed by atoms with Crippen molar-refractivity contribution < 1.29 is 9.18 Å². The van der Waals surface area contributed by atoms with Crippen LogP contribution in [0.15, 0.2) is 24.7 Å². The second-order valence-corrected chi connectivity index (χ2v) is 5.86. The van der Waals surface area contributed by atoms with Gasteiger partial charge in [-0.3, -0.25) is 14.4 Å². The van der Waals surface area contributed by atoms with Crippen molar-refractivity contribution in [3.05, 3.63) is 36.0 Å². The van der Waals surface area contributed by atoms with Crippen molar-refractivity contribution in [2.75, 3.05) is 18.8 Å². The summed E-state index contributed by atoms with van der Waals surface area (Å²) in [6.07, 6.45) is 4.03. The fourth-order valence-electron chi connectivity index (χ4n) is 2.91. The number of hydrogen-bond acceptors (Lipinski definition) is 6. The molecule has 8 nitrogen and oxygen atoms in total. The highest BCUT2D eigenvalue weighted by Gasteiger charge is 2.32. The van der Waals surface area contributed by atoms with E-state index in [1.165, 1.54) is 12.4 Å². The average molecular weight is 333 g/mol. The third-order valence-electron chi connectivity index (χ3n) is 4.20. The van der Waals surface area contributed by atoms with Gasteiger partial charge in [-0.1, -0.05) is 0 Å². The van der Waals surface area contributed by atoms with Gasteiger partial charge in [0.05, 0.1) is 5.69 Å². The van der Waals surface area contributed by atoms with E-state index in [9.17, 15) is 9.18 Å². The molecule has 128 valence electrons. The number of halogens is 1. The molecule has 0 bridgehead atoms. The molecule has 24 heavy (non-hydrogen) atoms. The Kier molecular flexibility index (Phi) is 4.70. The zero-order valence-electron chi connectivity index (χ0n) is 13.4. The van der Waals surface area contributed by atoms with Gasteiger partial charge in [0.15, 0.2) is 11.5 Å². The van der Waals surface area contributed by atoms with E-state index in [2.05, 4.69) is 20.4 Å². The predicted molar refractivity (Wildman–Crippen MR) is 85.7 cm³/mol. The minimum absolute atomic E-state index is 0.0801. The Morgan fingerprint density at radius 2 is 2.21 bits per heavy atom. The number of hydrogen-bond donors (Lipinski definition) is 2. The Labute approximate surface area is 138 Å².